The summed E-state index contributed by atoms with van der Waals surface area (Å²) in [4.78, 5) is 4.27. The Morgan fingerprint density at radius 2 is 2.00 bits per heavy atom. The summed E-state index contributed by atoms with van der Waals surface area (Å²) in [6.07, 6.45) is 3.93. The van der Waals surface area contributed by atoms with E-state index in [1.807, 2.05) is 6.07 Å². The van der Waals surface area contributed by atoms with Crippen LogP contribution in [0.25, 0.3) is 0 Å². The summed E-state index contributed by atoms with van der Waals surface area (Å²) < 4.78 is 13.1. The summed E-state index contributed by atoms with van der Waals surface area (Å²) >= 11 is 0. The smallest absolute Gasteiger partial charge is 0.152 e. The number of rotatable bonds is 7. The normalized spacial score (nSPS) is 14.7. The highest BCUT2D eigenvalue weighted by Crippen LogP contribution is 2.40. The number of nitrogens with one attached hydrogen (secondary N) is 3. The van der Waals surface area contributed by atoms with Crippen molar-refractivity contribution in [2.24, 2.45) is 0 Å². The number of nitrogens with two attached hydrogens (primary N) is 1. The van der Waals surface area contributed by atoms with E-state index in [1.165, 1.54) is 31.2 Å². The number of H-pyrrole nitrogens is 1. The van der Waals surface area contributed by atoms with E-state index >= 15 is 0 Å². The van der Waals surface area contributed by atoms with Gasteiger partial charge in [-0.1, -0.05) is 12.1 Å². The molecule has 8 heteroatoms. The lowest BCUT2D eigenvalue weighted by molar-refractivity contribution is 0.276. The number of aromatic amines is 1. The van der Waals surface area contributed by atoms with Crippen LogP contribution in [0.4, 0.5) is 27.4 Å². The molecule has 0 saturated heterocycles. The molecule has 7 nitrogen and oxygen atoms in total. The van der Waals surface area contributed by atoms with Gasteiger partial charge in [0, 0.05) is 23.7 Å². The van der Waals surface area contributed by atoms with E-state index in [-0.39, 0.29) is 12.4 Å². The Bertz CT molecular complexity index is 922. The molecule has 1 aliphatic rings. The number of nitrogen functional groups attached to an aromatic ring is 1. The molecule has 0 radical (unpaired) electrons. The number of anilines is 4. The molecule has 27 heavy (non-hydrogen) atoms. The second-order valence-corrected chi connectivity index (χ2v) is 6.70. The fourth-order valence-corrected chi connectivity index (χ4v) is 2.90. The first-order valence-electron chi connectivity index (χ1n) is 8.83. The molecule has 6 N–H and O–H groups in total. The van der Waals surface area contributed by atoms with E-state index in [0.29, 0.717) is 28.9 Å². The van der Waals surface area contributed by atoms with Crippen molar-refractivity contribution >= 4 is 23.0 Å². The van der Waals surface area contributed by atoms with Crippen LogP contribution in [0.1, 0.15) is 36.1 Å². The molecule has 4 rings (SSSR count). The Kier molecular flexibility index (Phi) is 4.64. The average Bonchev–Trinajstić information content (AvgIpc) is 3.42. The Labute approximate surface area is 155 Å². The second-order valence-electron chi connectivity index (χ2n) is 6.70. The first-order chi connectivity index (χ1) is 13.1. The van der Waals surface area contributed by atoms with Crippen molar-refractivity contribution in [1.82, 2.24) is 15.2 Å². The maximum atomic E-state index is 13.1. The minimum Gasteiger partial charge on any atom is -0.396 e. The van der Waals surface area contributed by atoms with Gasteiger partial charge in [-0.25, -0.2) is 9.37 Å². The third-order valence-corrected chi connectivity index (χ3v) is 4.59. The topological polar surface area (TPSA) is 112 Å². The molecule has 3 aromatic rings. The number of halogens is 1. The fraction of sp³-hybridized carbons (Fsp3) is 0.263. The quantitative estimate of drug-likeness (QED) is 0.437. The number of hydrogen-bond donors (Lipinski definition) is 5. The largest absolute Gasteiger partial charge is 0.396 e. The number of aromatic nitrogens is 3. The van der Waals surface area contributed by atoms with E-state index in [4.69, 9.17) is 5.73 Å². The van der Waals surface area contributed by atoms with Crippen LogP contribution in [0.15, 0.2) is 42.6 Å². The molecule has 1 fully saturated rings. The van der Waals surface area contributed by atoms with E-state index in [9.17, 15) is 9.50 Å². The minimum atomic E-state index is -0.415. The van der Waals surface area contributed by atoms with Crippen LogP contribution in [0.2, 0.25) is 0 Å². The number of nitrogens with zero attached hydrogens (tertiary/aromatic N) is 2. The van der Waals surface area contributed by atoms with Crippen LogP contribution in [0.5, 0.6) is 0 Å². The van der Waals surface area contributed by atoms with Gasteiger partial charge in [-0.2, -0.15) is 5.10 Å². The maximum Gasteiger partial charge on any atom is 0.152 e. The molecule has 2 aromatic heterocycles. The summed E-state index contributed by atoms with van der Waals surface area (Å²) in [7, 11) is 0. The van der Waals surface area contributed by atoms with Gasteiger partial charge in [0.05, 0.1) is 30.2 Å². The number of benzene rings is 1. The zero-order valence-corrected chi connectivity index (χ0v) is 14.6. The molecule has 1 saturated carbocycles. The molecule has 140 valence electrons. The van der Waals surface area contributed by atoms with Crippen LogP contribution >= 0.6 is 0 Å². The van der Waals surface area contributed by atoms with E-state index in [1.54, 1.807) is 18.2 Å². The fourth-order valence-electron chi connectivity index (χ4n) is 2.90. The third kappa shape index (κ3) is 4.01. The lowest BCUT2D eigenvalue weighted by atomic mass is 10.1. The van der Waals surface area contributed by atoms with Gasteiger partial charge >= 0.3 is 0 Å². The van der Waals surface area contributed by atoms with Gasteiger partial charge in [0.1, 0.15) is 11.6 Å². The van der Waals surface area contributed by atoms with Crippen LogP contribution in [0, 0.1) is 5.82 Å². The number of aliphatic hydroxyl groups is 1. The van der Waals surface area contributed by atoms with Gasteiger partial charge in [0.15, 0.2) is 5.82 Å². The van der Waals surface area contributed by atoms with Crippen LogP contribution < -0.4 is 16.4 Å². The molecule has 2 heterocycles. The third-order valence-electron chi connectivity index (χ3n) is 4.59. The van der Waals surface area contributed by atoms with Crippen molar-refractivity contribution in [2.45, 2.75) is 24.8 Å². The van der Waals surface area contributed by atoms with Gasteiger partial charge in [-0.05, 0) is 30.5 Å². The molecule has 1 aromatic carbocycles. The van der Waals surface area contributed by atoms with E-state index in [2.05, 4.69) is 25.8 Å². The Morgan fingerprint density at radius 1 is 1.22 bits per heavy atom. The summed E-state index contributed by atoms with van der Waals surface area (Å²) in [5.74, 6) is 1.49. The van der Waals surface area contributed by atoms with Gasteiger partial charge < -0.3 is 21.5 Å². The predicted molar refractivity (Wildman–Crippen MR) is 102 cm³/mol. The van der Waals surface area contributed by atoms with Crippen molar-refractivity contribution in [1.29, 1.82) is 0 Å². The number of hydrogen-bond acceptors (Lipinski definition) is 6. The van der Waals surface area contributed by atoms with Crippen molar-refractivity contribution in [3.63, 3.8) is 0 Å². The zero-order chi connectivity index (χ0) is 18.8. The Morgan fingerprint density at radius 3 is 2.70 bits per heavy atom. The molecule has 0 bridgehead atoms. The monoisotopic (exact) mass is 368 g/mol. The van der Waals surface area contributed by atoms with Crippen LogP contribution in [-0.2, 0) is 0 Å². The summed E-state index contributed by atoms with van der Waals surface area (Å²) in [6.45, 7) is -0.162. The molecular weight excluding hydrogens is 347 g/mol. The summed E-state index contributed by atoms with van der Waals surface area (Å²) in [5, 5.41) is 23.3. The van der Waals surface area contributed by atoms with Gasteiger partial charge in [-0.15, -0.1) is 0 Å². The van der Waals surface area contributed by atoms with Crippen molar-refractivity contribution in [2.75, 3.05) is 23.0 Å². The zero-order valence-electron chi connectivity index (χ0n) is 14.6. The van der Waals surface area contributed by atoms with Crippen LogP contribution in [-0.4, -0.2) is 26.9 Å². The Hall–Kier alpha value is -3.13. The summed E-state index contributed by atoms with van der Waals surface area (Å²) in [5.41, 5.74) is 9.06. The maximum absolute atomic E-state index is 13.1. The number of pyridine rings is 1. The molecular formula is C19H21FN6O. The first kappa shape index (κ1) is 17.3. The van der Waals surface area contributed by atoms with Gasteiger partial charge in [-0.3, -0.25) is 5.10 Å². The predicted octanol–water partition coefficient (Wildman–Crippen LogP) is 3.29. The highest BCUT2D eigenvalue weighted by molar-refractivity contribution is 5.73. The highest BCUT2D eigenvalue weighted by atomic mass is 19.1. The first-order valence-corrected chi connectivity index (χ1v) is 8.83. The molecule has 1 aliphatic carbocycles. The Balaban J connectivity index is 1.51. The van der Waals surface area contributed by atoms with Crippen molar-refractivity contribution < 1.29 is 9.50 Å². The SMILES string of the molecule is Nc1cnc(N[C@@H](CO)c2ccc(F)cc2)cc1Nc1cc(C2CC2)[nH]n1. The molecule has 0 unspecified atom stereocenters. The number of aliphatic hydroxyl groups excluding tert-OH is 1. The molecule has 0 aliphatic heterocycles. The van der Waals surface area contributed by atoms with Crippen LogP contribution in [0.3, 0.4) is 0 Å². The van der Waals surface area contributed by atoms with Gasteiger partial charge in [0.2, 0.25) is 0 Å². The van der Waals surface area contributed by atoms with E-state index < -0.39 is 6.04 Å². The second kappa shape index (κ2) is 7.24. The lowest BCUT2D eigenvalue weighted by Gasteiger charge is -2.18. The minimum absolute atomic E-state index is 0.162. The standard InChI is InChI=1S/C19H21FN6O/c20-13-5-3-12(4-6-13)17(10-27)24-18-8-16(14(21)9-22-18)23-19-7-15(25-26-19)11-1-2-11/h3-9,11,17,27H,1-2,10,21H2,(H3,22,23,24,25,26)/t17-/m0/s1. The lowest BCUT2D eigenvalue weighted by Crippen LogP contribution is -2.16. The highest BCUT2D eigenvalue weighted by Gasteiger charge is 2.25. The van der Waals surface area contributed by atoms with Crippen molar-refractivity contribution in [3.8, 4) is 0 Å². The van der Waals surface area contributed by atoms with Gasteiger partial charge in [0.25, 0.3) is 0 Å². The van der Waals surface area contributed by atoms with Crippen molar-refractivity contribution in [3.05, 3.63) is 59.7 Å². The average molecular weight is 368 g/mol. The molecule has 1 atom stereocenters. The van der Waals surface area contributed by atoms with E-state index in [0.717, 1.165) is 11.3 Å². The summed E-state index contributed by atoms with van der Waals surface area (Å²) in [6, 6.07) is 9.30. The molecule has 0 amide bonds. The molecule has 0 spiro atoms.